The molecule has 0 unspecified atom stereocenters. The van der Waals surface area contributed by atoms with E-state index in [9.17, 15) is 0 Å². The second-order valence-electron chi connectivity index (χ2n) is 3.20. The van der Waals surface area contributed by atoms with E-state index in [2.05, 4.69) is 11.9 Å². The molecule has 0 radical (unpaired) electrons. The quantitative estimate of drug-likeness (QED) is 0.635. The summed E-state index contributed by atoms with van der Waals surface area (Å²) in [6, 6.07) is 5.45. The first-order valence-corrected chi connectivity index (χ1v) is 5.95. The predicted molar refractivity (Wildman–Crippen MR) is 63.7 cm³/mol. The van der Waals surface area contributed by atoms with Crippen molar-refractivity contribution in [2.24, 2.45) is 0 Å². The molecule has 5 heteroatoms. The molecule has 16 heavy (non-hydrogen) atoms. The lowest BCUT2D eigenvalue weighted by Crippen LogP contribution is -1.99. The molecule has 0 atom stereocenters. The Hall–Kier alpha value is -1.72. The highest BCUT2D eigenvalue weighted by Gasteiger charge is 2.09. The van der Waals surface area contributed by atoms with Gasteiger partial charge in [-0.2, -0.15) is 10.5 Å². The van der Waals surface area contributed by atoms with Crippen LogP contribution in [0.25, 0.3) is 0 Å². The molecule has 0 spiro atoms. The van der Waals surface area contributed by atoms with Gasteiger partial charge in [-0.25, -0.2) is 4.98 Å². The summed E-state index contributed by atoms with van der Waals surface area (Å²) in [5.74, 6) is 1.10. The highest BCUT2D eigenvalue weighted by molar-refractivity contribution is 7.99. The van der Waals surface area contributed by atoms with Crippen LogP contribution in [-0.2, 0) is 0 Å². The molecule has 0 aromatic carbocycles. The molecule has 0 bridgehead atoms. The summed E-state index contributed by atoms with van der Waals surface area (Å²) >= 11 is 1.51. The molecule has 82 valence electrons. The summed E-state index contributed by atoms with van der Waals surface area (Å²) in [5, 5.41) is 18.3. The Balaban J connectivity index is 2.97. The Labute approximate surface area is 99.1 Å². The first kappa shape index (κ1) is 12.4. The molecule has 0 aliphatic heterocycles. The van der Waals surface area contributed by atoms with Gasteiger partial charge >= 0.3 is 0 Å². The molecule has 1 aromatic rings. The number of unbranched alkanes of at least 4 members (excludes halogenated alkanes) is 1. The summed E-state index contributed by atoms with van der Waals surface area (Å²) in [6.07, 6.45) is 2.16. The maximum Gasteiger partial charge on any atom is 0.142 e. The molecule has 2 N–H and O–H groups in total. The highest BCUT2D eigenvalue weighted by atomic mass is 32.2. The van der Waals surface area contributed by atoms with Crippen molar-refractivity contribution in [1.29, 1.82) is 10.5 Å². The van der Waals surface area contributed by atoms with Crippen LogP contribution in [0.15, 0.2) is 11.1 Å². The van der Waals surface area contributed by atoms with Crippen molar-refractivity contribution in [3.63, 3.8) is 0 Å². The lowest BCUT2D eigenvalue weighted by molar-refractivity contribution is 0.894. The molecular weight excluding hydrogens is 220 g/mol. The summed E-state index contributed by atoms with van der Waals surface area (Å²) < 4.78 is 0. The number of pyridine rings is 1. The molecule has 4 nitrogen and oxygen atoms in total. The Bertz CT molecular complexity index is 456. The minimum absolute atomic E-state index is 0.195. The van der Waals surface area contributed by atoms with Crippen LogP contribution in [0.2, 0.25) is 0 Å². The first-order chi connectivity index (χ1) is 7.72. The van der Waals surface area contributed by atoms with Gasteiger partial charge in [0.2, 0.25) is 0 Å². The van der Waals surface area contributed by atoms with Crippen molar-refractivity contribution in [2.75, 3.05) is 11.5 Å². The summed E-state index contributed by atoms with van der Waals surface area (Å²) in [5.41, 5.74) is 6.29. The molecule has 0 saturated heterocycles. The molecule has 1 aromatic heterocycles. The van der Waals surface area contributed by atoms with E-state index in [-0.39, 0.29) is 11.4 Å². The second-order valence-corrected chi connectivity index (χ2v) is 4.28. The number of nitriles is 2. The fourth-order valence-electron chi connectivity index (χ4n) is 1.10. The third-order valence-corrected chi connectivity index (χ3v) is 3.07. The standard InChI is InChI=1S/C11H12N4S/c1-2-3-4-16-11-9(7-13)5-8(6-12)10(14)15-11/h5H,2-4H2,1H3,(H2,14,15). The number of rotatable bonds is 4. The van der Waals surface area contributed by atoms with E-state index in [1.165, 1.54) is 17.8 Å². The maximum atomic E-state index is 8.93. The Kier molecular flexibility index (Phi) is 4.63. The van der Waals surface area contributed by atoms with E-state index in [4.69, 9.17) is 16.3 Å². The van der Waals surface area contributed by atoms with Gasteiger partial charge in [-0.3, -0.25) is 0 Å². The Morgan fingerprint density at radius 1 is 1.38 bits per heavy atom. The van der Waals surface area contributed by atoms with E-state index in [0.717, 1.165) is 18.6 Å². The SMILES string of the molecule is CCCCSc1nc(N)c(C#N)cc1C#N. The van der Waals surface area contributed by atoms with Crippen LogP contribution in [-0.4, -0.2) is 10.7 Å². The molecule has 0 fully saturated rings. The zero-order chi connectivity index (χ0) is 12.0. The summed E-state index contributed by atoms with van der Waals surface area (Å²) in [4.78, 5) is 4.08. The van der Waals surface area contributed by atoms with Crippen molar-refractivity contribution >= 4 is 17.6 Å². The number of aromatic nitrogens is 1. The van der Waals surface area contributed by atoms with Crippen molar-refractivity contribution in [3.05, 3.63) is 17.2 Å². The number of thioether (sulfide) groups is 1. The normalized spacial score (nSPS) is 9.44. The number of nitrogen functional groups attached to an aromatic ring is 1. The minimum atomic E-state index is 0.195. The van der Waals surface area contributed by atoms with Crippen molar-refractivity contribution in [3.8, 4) is 12.1 Å². The van der Waals surface area contributed by atoms with E-state index in [1.807, 2.05) is 12.1 Å². The zero-order valence-corrected chi connectivity index (χ0v) is 9.84. The van der Waals surface area contributed by atoms with Crippen molar-refractivity contribution < 1.29 is 0 Å². The van der Waals surface area contributed by atoms with Crippen LogP contribution >= 0.6 is 11.8 Å². The molecule has 0 amide bonds. The third kappa shape index (κ3) is 2.88. The van der Waals surface area contributed by atoms with E-state index < -0.39 is 0 Å². The number of nitrogens with two attached hydrogens (primary N) is 1. The molecule has 1 rings (SSSR count). The van der Waals surface area contributed by atoms with E-state index in [0.29, 0.717) is 10.6 Å². The maximum absolute atomic E-state index is 8.93. The second kappa shape index (κ2) is 5.99. The predicted octanol–water partition coefficient (Wildman–Crippen LogP) is 2.30. The van der Waals surface area contributed by atoms with Crippen molar-refractivity contribution in [2.45, 2.75) is 24.8 Å². The summed E-state index contributed by atoms with van der Waals surface area (Å²) in [6.45, 7) is 2.10. The third-order valence-electron chi connectivity index (χ3n) is 1.99. The average Bonchev–Trinajstić information content (AvgIpc) is 2.30. The van der Waals surface area contributed by atoms with Crippen LogP contribution in [0.1, 0.15) is 30.9 Å². The van der Waals surface area contributed by atoms with E-state index >= 15 is 0 Å². The average molecular weight is 232 g/mol. The smallest absolute Gasteiger partial charge is 0.142 e. The molecular formula is C11H12N4S. The van der Waals surface area contributed by atoms with Crippen molar-refractivity contribution in [1.82, 2.24) is 4.98 Å². The Morgan fingerprint density at radius 3 is 2.62 bits per heavy atom. The van der Waals surface area contributed by atoms with Crippen LogP contribution in [0, 0.1) is 22.7 Å². The van der Waals surface area contributed by atoms with Gasteiger partial charge < -0.3 is 5.73 Å². The van der Waals surface area contributed by atoms with Gasteiger partial charge in [0.15, 0.2) is 0 Å². The minimum Gasteiger partial charge on any atom is -0.383 e. The number of nitrogens with zero attached hydrogens (tertiary/aromatic N) is 3. The Morgan fingerprint density at radius 2 is 2.06 bits per heavy atom. The molecule has 0 aliphatic carbocycles. The van der Waals surface area contributed by atoms with Crippen LogP contribution < -0.4 is 5.73 Å². The van der Waals surface area contributed by atoms with E-state index in [1.54, 1.807) is 0 Å². The van der Waals surface area contributed by atoms with Crippen LogP contribution in [0.5, 0.6) is 0 Å². The van der Waals surface area contributed by atoms with Crippen LogP contribution in [0.3, 0.4) is 0 Å². The molecule has 0 saturated carbocycles. The molecule has 0 aliphatic rings. The largest absolute Gasteiger partial charge is 0.383 e. The van der Waals surface area contributed by atoms with Gasteiger partial charge in [0.1, 0.15) is 23.0 Å². The first-order valence-electron chi connectivity index (χ1n) is 4.96. The zero-order valence-electron chi connectivity index (χ0n) is 9.03. The van der Waals surface area contributed by atoms with Gasteiger partial charge in [-0.1, -0.05) is 13.3 Å². The number of hydrogen-bond donors (Lipinski definition) is 1. The lowest BCUT2D eigenvalue weighted by atomic mass is 10.2. The fraction of sp³-hybridized carbons (Fsp3) is 0.364. The number of anilines is 1. The topological polar surface area (TPSA) is 86.5 Å². The fourth-order valence-corrected chi connectivity index (χ4v) is 2.15. The monoisotopic (exact) mass is 232 g/mol. The van der Waals surface area contributed by atoms with Gasteiger partial charge in [-0.05, 0) is 18.2 Å². The lowest BCUT2D eigenvalue weighted by Gasteiger charge is -2.04. The van der Waals surface area contributed by atoms with Gasteiger partial charge in [0, 0.05) is 0 Å². The highest BCUT2D eigenvalue weighted by Crippen LogP contribution is 2.24. The van der Waals surface area contributed by atoms with Crippen LogP contribution in [0.4, 0.5) is 5.82 Å². The van der Waals surface area contributed by atoms with Gasteiger partial charge in [0.25, 0.3) is 0 Å². The molecule has 1 heterocycles. The summed E-state index contributed by atoms with van der Waals surface area (Å²) in [7, 11) is 0. The van der Waals surface area contributed by atoms with Gasteiger partial charge in [-0.15, -0.1) is 11.8 Å². The number of hydrogen-bond acceptors (Lipinski definition) is 5. The van der Waals surface area contributed by atoms with Gasteiger partial charge in [0.05, 0.1) is 11.1 Å².